The van der Waals surface area contributed by atoms with Gasteiger partial charge in [-0.15, -0.1) is 0 Å². The second-order valence-electron chi connectivity index (χ2n) is 5.59. The number of hydrogen-bond donors (Lipinski definition) is 8. The molecule has 0 rings (SSSR count). The average molecular weight is 408 g/mol. The lowest BCUT2D eigenvalue weighted by atomic mass is 10.2. The third-order valence-corrected chi connectivity index (χ3v) is 2.21. The third-order valence-electron chi connectivity index (χ3n) is 2.21. The molecule has 0 aromatic rings. The first-order chi connectivity index (χ1) is 12.1. The first-order valence-corrected chi connectivity index (χ1v) is 7.35. The molecule has 14 nitrogen and oxygen atoms in total. The number of carbonyl (C=O) groups is 2. The first kappa shape index (κ1) is 32.4. The molecule has 0 aliphatic rings. The largest absolute Gasteiger partial charge is 0.543 e. The highest BCUT2D eigenvalue weighted by Crippen LogP contribution is 1.83. The van der Waals surface area contributed by atoms with E-state index in [1.807, 2.05) is 19.0 Å². The maximum Gasteiger partial charge on any atom is 0.387 e. The molecule has 1 unspecified atom stereocenters. The van der Waals surface area contributed by atoms with Crippen molar-refractivity contribution in [2.75, 3.05) is 34.7 Å². The number of quaternary nitrogens is 1. The summed E-state index contributed by atoms with van der Waals surface area (Å²) in [7, 11) is 7.31. The number of aliphatic carboxylic acids is 2. The lowest BCUT2D eigenvalue weighted by molar-refractivity contribution is -0.466. The van der Waals surface area contributed by atoms with E-state index in [-0.39, 0.29) is 13.4 Å². The third kappa shape index (κ3) is 25.0. The molecule has 0 heterocycles. The standard InChI is InChI=1S/C6H14N4.C4H11N5.C3H5NO4.CH3/c1-10(2)4-5(7)3-6(8)9;1-9(2)4(7)8-3(5)6;4-1(2(5)6)3(7)8;/h7H,3-4H2,1-2H3,(H3,8,9);1-2H3,(H5,5,6,7,8);1H,4H2,(H,5,6)(H,7,8);1H3/q;;;-1/p+2. The monoisotopic (exact) mass is 407 g/mol. The second kappa shape index (κ2) is 17.2. The van der Waals surface area contributed by atoms with E-state index in [1.54, 1.807) is 18.7 Å². The Hall–Kier alpha value is -3.26. The van der Waals surface area contributed by atoms with Crippen molar-refractivity contribution >= 4 is 35.4 Å². The van der Waals surface area contributed by atoms with Crippen LogP contribution in [0.1, 0.15) is 6.42 Å². The van der Waals surface area contributed by atoms with Crippen LogP contribution in [0, 0.1) is 12.8 Å². The van der Waals surface area contributed by atoms with Gasteiger partial charge < -0.3 is 49.9 Å². The molecule has 0 radical (unpaired) electrons. The van der Waals surface area contributed by atoms with Crippen LogP contribution in [0.4, 0.5) is 0 Å². The quantitative estimate of drug-likeness (QED) is 0.0681. The average Bonchev–Trinajstić information content (AvgIpc) is 2.44. The molecule has 0 fully saturated rings. The molecule has 0 aromatic carbocycles. The summed E-state index contributed by atoms with van der Waals surface area (Å²) in [5, 5.41) is 30.0. The number of hydrogen-bond acceptors (Lipinski definition) is 5. The summed E-state index contributed by atoms with van der Waals surface area (Å²) < 4.78 is 1.61. The molecule has 0 spiro atoms. The molecule has 28 heavy (non-hydrogen) atoms. The predicted molar refractivity (Wildman–Crippen MR) is 105 cm³/mol. The molecule has 0 amide bonds. The molecule has 15 N–H and O–H groups in total. The van der Waals surface area contributed by atoms with Crippen LogP contribution in [0.15, 0.2) is 4.99 Å². The van der Waals surface area contributed by atoms with Crippen LogP contribution >= 0.6 is 0 Å². The van der Waals surface area contributed by atoms with Crippen molar-refractivity contribution in [1.29, 1.82) is 5.41 Å². The van der Waals surface area contributed by atoms with Crippen molar-refractivity contribution < 1.29 is 35.5 Å². The molecular formula is C14H35N10O4+. The second-order valence-corrected chi connectivity index (χ2v) is 5.59. The molecule has 164 valence electrons. The molecule has 14 heteroatoms. The van der Waals surface area contributed by atoms with Gasteiger partial charge in [0.25, 0.3) is 5.96 Å². The molecule has 0 aliphatic heterocycles. The van der Waals surface area contributed by atoms with E-state index in [0.29, 0.717) is 30.5 Å². The lowest BCUT2D eigenvalue weighted by Crippen LogP contribution is -2.71. The fourth-order valence-electron chi connectivity index (χ4n) is 1.02. The summed E-state index contributed by atoms with van der Waals surface area (Å²) in [6.45, 7) is 0.623. The van der Waals surface area contributed by atoms with Crippen molar-refractivity contribution in [1.82, 2.24) is 4.90 Å². The number of carboxylic acid groups (broad SMARTS) is 2. The van der Waals surface area contributed by atoms with Crippen molar-refractivity contribution in [3.63, 3.8) is 0 Å². The van der Waals surface area contributed by atoms with Gasteiger partial charge >= 0.3 is 11.9 Å². The Bertz CT molecular complexity index is 565. The van der Waals surface area contributed by atoms with E-state index in [4.69, 9.17) is 38.9 Å². The van der Waals surface area contributed by atoms with E-state index in [1.165, 1.54) is 0 Å². The number of carboxylic acids is 2. The van der Waals surface area contributed by atoms with Crippen LogP contribution in [0.25, 0.3) is 0 Å². The molecule has 0 aliphatic carbocycles. The highest BCUT2D eigenvalue weighted by Gasteiger charge is 2.15. The van der Waals surface area contributed by atoms with Gasteiger partial charge in [0.05, 0.1) is 20.5 Å². The van der Waals surface area contributed by atoms with Crippen LogP contribution in [-0.4, -0.2) is 90.8 Å². The zero-order valence-electron chi connectivity index (χ0n) is 17.1. The molecule has 0 bridgehead atoms. The molecule has 0 saturated carbocycles. The van der Waals surface area contributed by atoms with Crippen LogP contribution in [0.3, 0.4) is 0 Å². The Morgan fingerprint density at radius 2 is 1.71 bits per heavy atom. The number of nitrogens with two attached hydrogens (primary N) is 5. The topological polar surface area (TPSA) is 277 Å². The zero-order valence-corrected chi connectivity index (χ0v) is 17.1. The fraction of sp³-hybridized carbons (Fsp3) is 0.500. The minimum absolute atomic E-state index is 0. The van der Waals surface area contributed by atoms with Crippen molar-refractivity contribution in [2.45, 2.75) is 12.5 Å². The van der Waals surface area contributed by atoms with Gasteiger partial charge in [-0.1, -0.05) is 0 Å². The summed E-state index contributed by atoms with van der Waals surface area (Å²) in [5.74, 6) is -2.56. The molecular weight excluding hydrogens is 372 g/mol. The normalized spacial score (nSPS) is 9.79. The number of aliphatic imine (C=N–C) groups is 1. The summed E-state index contributed by atoms with van der Waals surface area (Å²) in [4.78, 5) is 24.7. The summed E-state index contributed by atoms with van der Waals surface area (Å²) in [5.41, 5.74) is 23.9. The smallest absolute Gasteiger partial charge is 0.387 e. The summed E-state index contributed by atoms with van der Waals surface area (Å²) in [6, 6.07) is -1.66. The van der Waals surface area contributed by atoms with Gasteiger partial charge in [0.15, 0.2) is 0 Å². The SMILES string of the molecule is CN(C)CC(=N)CC(N)=[NH2+].C[N+](C)=C(N)N=C(N)N.[CH3-].[NH3+]C(C(=O)[O-])C(=O)O. The Morgan fingerprint density at radius 1 is 1.29 bits per heavy atom. The molecule has 1 atom stereocenters. The van der Waals surface area contributed by atoms with Gasteiger partial charge in [0.2, 0.25) is 11.9 Å². The highest BCUT2D eigenvalue weighted by molar-refractivity contribution is 5.99. The van der Waals surface area contributed by atoms with E-state index < -0.39 is 18.0 Å². The number of nitrogens with zero attached hydrogens (tertiary/aromatic N) is 3. The summed E-state index contributed by atoms with van der Waals surface area (Å²) >= 11 is 0. The number of amidine groups is 1. The van der Waals surface area contributed by atoms with Crippen LogP contribution < -0.4 is 39.2 Å². The van der Waals surface area contributed by atoms with Gasteiger partial charge in [0.1, 0.15) is 5.97 Å². The van der Waals surface area contributed by atoms with Crippen molar-refractivity contribution in [3.05, 3.63) is 7.43 Å². The maximum absolute atomic E-state index is 9.66. The zero-order chi connectivity index (χ0) is 22.3. The van der Waals surface area contributed by atoms with E-state index in [9.17, 15) is 14.7 Å². The maximum atomic E-state index is 9.66. The van der Waals surface area contributed by atoms with Crippen LogP contribution in [0.2, 0.25) is 0 Å². The Balaban J connectivity index is -0.000000153. The minimum atomic E-state index is -1.67. The van der Waals surface area contributed by atoms with Gasteiger partial charge in [-0.05, 0) is 19.1 Å². The van der Waals surface area contributed by atoms with Crippen molar-refractivity contribution in [3.8, 4) is 0 Å². The first-order valence-electron chi connectivity index (χ1n) is 7.35. The van der Waals surface area contributed by atoms with Crippen molar-refractivity contribution in [2.24, 2.45) is 27.9 Å². The van der Waals surface area contributed by atoms with Gasteiger partial charge in [-0.3, -0.25) is 21.5 Å². The van der Waals surface area contributed by atoms with Gasteiger partial charge in [0, 0.05) is 12.3 Å². The van der Waals surface area contributed by atoms with E-state index in [0.717, 1.165) is 0 Å². The number of rotatable bonds is 6. The molecule has 0 aromatic heterocycles. The summed E-state index contributed by atoms with van der Waals surface area (Å²) in [6.07, 6.45) is 0.401. The highest BCUT2D eigenvalue weighted by atomic mass is 16.4. The molecule has 0 saturated heterocycles. The van der Waals surface area contributed by atoms with E-state index >= 15 is 0 Å². The van der Waals surface area contributed by atoms with Crippen LogP contribution in [0.5, 0.6) is 0 Å². The predicted octanol–water partition coefficient (Wildman–Crippen LogP) is -7.20. The fourth-order valence-corrected chi connectivity index (χ4v) is 1.02. The minimum Gasteiger partial charge on any atom is -0.543 e. The van der Waals surface area contributed by atoms with Gasteiger partial charge in [-0.2, -0.15) is 0 Å². The Morgan fingerprint density at radius 3 is 1.86 bits per heavy atom. The number of carbonyl (C=O) groups excluding carboxylic acids is 1. The Kier molecular flexibility index (Phi) is 19.9. The van der Waals surface area contributed by atoms with Gasteiger partial charge in [-0.25, -0.2) is 4.79 Å². The lowest BCUT2D eigenvalue weighted by Gasteiger charge is -2.07. The van der Waals surface area contributed by atoms with Crippen LogP contribution in [-0.2, 0) is 9.59 Å². The number of nitrogens with one attached hydrogen (secondary N) is 1. The number of guanidine groups is 2. The Labute approximate surface area is 164 Å². The van der Waals surface area contributed by atoms with E-state index in [2.05, 4.69) is 10.7 Å².